The summed E-state index contributed by atoms with van der Waals surface area (Å²) in [5, 5.41) is 5.63. The quantitative estimate of drug-likeness (QED) is 0.798. The number of ether oxygens (including phenoxy) is 1. The summed E-state index contributed by atoms with van der Waals surface area (Å²) in [6.45, 7) is 2.95. The second-order valence-electron chi connectivity index (χ2n) is 4.55. The van der Waals surface area contributed by atoms with E-state index in [-0.39, 0.29) is 6.03 Å². The van der Waals surface area contributed by atoms with E-state index in [4.69, 9.17) is 4.74 Å². The average molecular weight is 284 g/mol. The standard InChI is InChI=1S/C17H20N2O2/c1-2-14-8-6-7-11-16(14)19-17(20)18-12-13-21-15-9-4-3-5-10-15/h3-11H,2,12-13H2,1H3,(H2,18,19,20). The van der Waals surface area contributed by atoms with Crippen LogP contribution in [0.25, 0.3) is 0 Å². The second kappa shape index (κ2) is 7.94. The smallest absolute Gasteiger partial charge is 0.319 e. The molecule has 0 spiro atoms. The Morgan fingerprint density at radius 2 is 1.76 bits per heavy atom. The minimum Gasteiger partial charge on any atom is -0.492 e. The molecule has 0 aliphatic heterocycles. The van der Waals surface area contributed by atoms with Gasteiger partial charge < -0.3 is 15.4 Å². The van der Waals surface area contributed by atoms with Crippen LogP contribution in [0.2, 0.25) is 0 Å². The van der Waals surface area contributed by atoms with Crippen LogP contribution < -0.4 is 15.4 Å². The number of urea groups is 1. The van der Waals surface area contributed by atoms with Crippen LogP contribution in [-0.2, 0) is 6.42 Å². The van der Waals surface area contributed by atoms with Crippen LogP contribution in [0, 0.1) is 0 Å². The van der Waals surface area contributed by atoms with Gasteiger partial charge >= 0.3 is 6.03 Å². The Morgan fingerprint density at radius 3 is 2.52 bits per heavy atom. The molecule has 2 rings (SSSR count). The zero-order valence-electron chi connectivity index (χ0n) is 12.1. The minimum atomic E-state index is -0.215. The molecule has 4 nitrogen and oxygen atoms in total. The first-order valence-corrected chi connectivity index (χ1v) is 7.10. The van der Waals surface area contributed by atoms with Crippen LogP contribution in [0.4, 0.5) is 10.5 Å². The van der Waals surface area contributed by atoms with Gasteiger partial charge in [-0.2, -0.15) is 0 Å². The van der Waals surface area contributed by atoms with Gasteiger partial charge in [0.05, 0.1) is 6.54 Å². The molecule has 0 saturated carbocycles. The molecule has 21 heavy (non-hydrogen) atoms. The molecule has 2 aromatic rings. The summed E-state index contributed by atoms with van der Waals surface area (Å²) in [7, 11) is 0. The predicted molar refractivity (Wildman–Crippen MR) is 84.8 cm³/mol. The van der Waals surface area contributed by atoms with Crippen molar-refractivity contribution in [2.75, 3.05) is 18.5 Å². The highest BCUT2D eigenvalue weighted by Gasteiger charge is 2.04. The van der Waals surface area contributed by atoms with E-state index in [2.05, 4.69) is 17.6 Å². The molecule has 0 saturated heterocycles. The van der Waals surface area contributed by atoms with Gasteiger partial charge in [0.25, 0.3) is 0 Å². The number of carbonyl (C=O) groups is 1. The molecule has 0 radical (unpaired) electrons. The maximum Gasteiger partial charge on any atom is 0.319 e. The molecule has 0 atom stereocenters. The number of para-hydroxylation sites is 2. The third-order valence-electron chi connectivity index (χ3n) is 3.05. The summed E-state index contributed by atoms with van der Waals surface area (Å²) < 4.78 is 5.51. The molecule has 2 aromatic carbocycles. The van der Waals surface area contributed by atoms with Crippen molar-refractivity contribution < 1.29 is 9.53 Å². The molecule has 0 bridgehead atoms. The van der Waals surface area contributed by atoms with Crippen LogP contribution in [-0.4, -0.2) is 19.2 Å². The molecule has 0 aromatic heterocycles. The van der Waals surface area contributed by atoms with Gasteiger partial charge in [-0.25, -0.2) is 4.79 Å². The fourth-order valence-electron chi connectivity index (χ4n) is 1.97. The topological polar surface area (TPSA) is 50.4 Å². The lowest BCUT2D eigenvalue weighted by Gasteiger charge is -2.11. The highest BCUT2D eigenvalue weighted by molar-refractivity contribution is 5.90. The lowest BCUT2D eigenvalue weighted by Crippen LogP contribution is -2.32. The van der Waals surface area contributed by atoms with Crippen LogP contribution in [0.1, 0.15) is 12.5 Å². The predicted octanol–water partition coefficient (Wildman–Crippen LogP) is 3.45. The molecular weight excluding hydrogens is 264 g/mol. The fourth-order valence-corrected chi connectivity index (χ4v) is 1.97. The summed E-state index contributed by atoms with van der Waals surface area (Å²) >= 11 is 0. The van der Waals surface area contributed by atoms with Crippen molar-refractivity contribution in [1.29, 1.82) is 0 Å². The number of anilines is 1. The van der Waals surface area contributed by atoms with E-state index in [9.17, 15) is 4.79 Å². The molecule has 2 amide bonds. The first-order valence-electron chi connectivity index (χ1n) is 7.10. The van der Waals surface area contributed by atoms with Crippen molar-refractivity contribution in [1.82, 2.24) is 5.32 Å². The molecule has 110 valence electrons. The molecule has 0 aliphatic carbocycles. The highest BCUT2D eigenvalue weighted by Crippen LogP contribution is 2.14. The molecular formula is C17H20N2O2. The molecule has 0 fully saturated rings. The van der Waals surface area contributed by atoms with E-state index < -0.39 is 0 Å². The molecule has 2 N–H and O–H groups in total. The molecule has 0 unspecified atom stereocenters. The van der Waals surface area contributed by atoms with Gasteiger partial charge in [-0.15, -0.1) is 0 Å². The Balaban J connectivity index is 1.72. The van der Waals surface area contributed by atoms with Crippen LogP contribution in [0.15, 0.2) is 54.6 Å². The van der Waals surface area contributed by atoms with E-state index in [1.165, 1.54) is 0 Å². The number of hydrogen-bond donors (Lipinski definition) is 2. The lowest BCUT2D eigenvalue weighted by atomic mass is 10.1. The number of carbonyl (C=O) groups excluding carboxylic acids is 1. The SMILES string of the molecule is CCc1ccccc1NC(=O)NCCOc1ccccc1. The lowest BCUT2D eigenvalue weighted by molar-refractivity contribution is 0.247. The van der Waals surface area contributed by atoms with Crippen molar-refractivity contribution >= 4 is 11.7 Å². The van der Waals surface area contributed by atoms with Crippen molar-refractivity contribution in [2.24, 2.45) is 0 Å². The summed E-state index contributed by atoms with van der Waals surface area (Å²) in [5.41, 5.74) is 1.97. The summed E-state index contributed by atoms with van der Waals surface area (Å²) in [6.07, 6.45) is 0.883. The van der Waals surface area contributed by atoms with Gasteiger partial charge in [-0.05, 0) is 30.2 Å². The number of amides is 2. The number of nitrogens with one attached hydrogen (secondary N) is 2. The fraction of sp³-hybridized carbons (Fsp3) is 0.235. The van der Waals surface area contributed by atoms with E-state index in [0.29, 0.717) is 13.2 Å². The Bertz CT molecular complexity index is 570. The van der Waals surface area contributed by atoms with E-state index in [1.54, 1.807) is 0 Å². The minimum absolute atomic E-state index is 0.215. The molecule has 4 heteroatoms. The maximum absolute atomic E-state index is 11.8. The maximum atomic E-state index is 11.8. The van der Waals surface area contributed by atoms with Gasteiger partial charge in [0, 0.05) is 5.69 Å². The van der Waals surface area contributed by atoms with Crippen molar-refractivity contribution in [3.63, 3.8) is 0 Å². The van der Waals surface area contributed by atoms with Crippen LogP contribution >= 0.6 is 0 Å². The van der Waals surface area contributed by atoms with Crippen molar-refractivity contribution in [2.45, 2.75) is 13.3 Å². The van der Waals surface area contributed by atoms with Crippen molar-refractivity contribution in [3.8, 4) is 5.75 Å². The Hall–Kier alpha value is -2.49. The first kappa shape index (κ1) is 14.9. The van der Waals surface area contributed by atoms with Gasteiger partial charge in [0.1, 0.15) is 12.4 Å². The van der Waals surface area contributed by atoms with Crippen LogP contribution in [0.3, 0.4) is 0 Å². The Labute approximate surface area is 125 Å². The van der Waals surface area contributed by atoms with E-state index >= 15 is 0 Å². The Kier molecular flexibility index (Phi) is 5.64. The highest BCUT2D eigenvalue weighted by atomic mass is 16.5. The number of benzene rings is 2. The Morgan fingerprint density at radius 1 is 1.05 bits per heavy atom. The normalized spacial score (nSPS) is 9.95. The third kappa shape index (κ3) is 4.84. The molecule has 0 aliphatic rings. The van der Waals surface area contributed by atoms with E-state index in [1.807, 2.05) is 54.6 Å². The zero-order chi connectivity index (χ0) is 14.9. The number of hydrogen-bond acceptors (Lipinski definition) is 2. The zero-order valence-corrected chi connectivity index (χ0v) is 12.1. The average Bonchev–Trinajstić information content (AvgIpc) is 2.53. The number of rotatable bonds is 6. The monoisotopic (exact) mass is 284 g/mol. The van der Waals surface area contributed by atoms with E-state index in [0.717, 1.165) is 23.4 Å². The summed E-state index contributed by atoms with van der Waals surface area (Å²) in [5.74, 6) is 0.802. The number of aryl methyl sites for hydroxylation is 1. The second-order valence-corrected chi connectivity index (χ2v) is 4.55. The molecule has 0 heterocycles. The largest absolute Gasteiger partial charge is 0.492 e. The van der Waals surface area contributed by atoms with Gasteiger partial charge in [-0.3, -0.25) is 0 Å². The first-order chi connectivity index (χ1) is 10.3. The van der Waals surface area contributed by atoms with Gasteiger partial charge in [-0.1, -0.05) is 43.3 Å². The summed E-state index contributed by atoms with van der Waals surface area (Å²) in [6, 6.07) is 17.1. The van der Waals surface area contributed by atoms with Crippen LogP contribution in [0.5, 0.6) is 5.75 Å². The van der Waals surface area contributed by atoms with Crippen molar-refractivity contribution in [3.05, 3.63) is 60.2 Å². The van der Waals surface area contributed by atoms with Gasteiger partial charge in [0.2, 0.25) is 0 Å². The van der Waals surface area contributed by atoms with Gasteiger partial charge in [0.15, 0.2) is 0 Å². The summed E-state index contributed by atoms with van der Waals surface area (Å²) in [4.78, 5) is 11.8. The third-order valence-corrected chi connectivity index (χ3v) is 3.05.